The quantitative estimate of drug-likeness (QED) is 0.236. The minimum Gasteiger partial charge on any atom is -0.480 e. The number of anilines is 1. The molecule has 46 heavy (non-hydrogen) atoms. The minimum atomic E-state index is -1.17. The molecule has 9 nitrogen and oxygen atoms in total. The Balaban J connectivity index is 1.91. The Morgan fingerprint density at radius 3 is 2.28 bits per heavy atom. The van der Waals surface area contributed by atoms with Crippen molar-refractivity contribution in [1.82, 2.24) is 10.2 Å². The van der Waals surface area contributed by atoms with Crippen molar-refractivity contribution < 1.29 is 29.0 Å². The lowest BCUT2D eigenvalue weighted by atomic mass is 9.85. The molecule has 1 aliphatic heterocycles. The van der Waals surface area contributed by atoms with E-state index in [-0.39, 0.29) is 25.0 Å². The molecule has 250 valence electrons. The van der Waals surface area contributed by atoms with Crippen LogP contribution in [0.4, 0.5) is 10.5 Å². The fraction of sp³-hybridized carbons (Fsp3) is 0.486. The lowest BCUT2D eigenvalue weighted by Crippen LogP contribution is -2.57. The number of alkyl carbamates (subject to hydrolysis) is 1. The number of hydrogen-bond acceptors (Lipinski definition) is 6. The van der Waals surface area contributed by atoms with Gasteiger partial charge in [0.1, 0.15) is 17.7 Å². The second-order valence-corrected chi connectivity index (χ2v) is 14.2. The number of carbonyl (C=O) groups excluding carboxylic acids is 2. The highest BCUT2D eigenvalue weighted by Gasteiger charge is 2.52. The fourth-order valence-corrected chi connectivity index (χ4v) is 5.82. The fourth-order valence-electron chi connectivity index (χ4n) is 5.82. The monoisotopic (exact) mass is 633 g/mol. The summed E-state index contributed by atoms with van der Waals surface area (Å²) < 4.78 is 11.6. The van der Waals surface area contributed by atoms with Gasteiger partial charge >= 0.3 is 12.1 Å². The van der Waals surface area contributed by atoms with E-state index in [0.29, 0.717) is 0 Å². The number of carbonyl (C=O) groups is 3. The molecule has 0 aromatic heterocycles. The molecule has 1 fully saturated rings. The molecule has 0 radical (unpaired) electrons. The number of nitrogens with one attached hydrogen (secondary N) is 1. The van der Waals surface area contributed by atoms with Crippen LogP contribution in [-0.4, -0.2) is 74.4 Å². The van der Waals surface area contributed by atoms with Gasteiger partial charge in [-0.1, -0.05) is 77.6 Å². The Morgan fingerprint density at radius 1 is 1.11 bits per heavy atom. The number of nitrogens with zero attached hydrogens (tertiary/aromatic N) is 2. The summed E-state index contributed by atoms with van der Waals surface area (Å²) in [5.41, 5.74) is 2.55. The summed E-state index contributed by atoms with van der Waals surface area (Å²) in [6, 6.07) is 11.8. The first-order valence-electron chi connectivity index (χ1n) is 15.7. The molecule has 2 aromatic rings. The van der Waals surface area contributed by atoms with Crippen LogP contribution in [0, 0.1) is 10.8 Å². The number of methoxy groups -OCH3 is 1. The molecule has 9 heteroatoms. The van der Waals surface area contributed by atoms with Gasteiger partial charge < -0.3 is 29.7 Å². The van der Waals surface area contributed by atoms with Crippen molar-refractivity contribution in [1.29, 1.82) is 0 Å². The van der Waals surface area contributed by atoms with Gasteiger partial charge in [0.05, 0.1) is 13.2 Å². The van der Waals surface area contributed by atoms with Crippen LogP contribution in [0.3, 0.4) is 0 Å². The zero-order valence-electron chi connectivity index (χ0n) is 28.7. The molecule has 3 rings (SSSR count). The average Bonchev–Trinajstić information content (AvgIpc) is 3.42. The van der Waals surface area contributed by atoms with Crippen molar-refractivity contribution in [3.05, 3.63) is 72.8 Å². The number of likely N-dealkylation sites (tertiary alicyclic amines) is 1. The first-order chi connectivity index (χ1) is 21.5. The zero-order valence-corrected chi connectivity index (χ0v) is 28.7. The normalized spacial score (nSPS) is 18.9. The molecule has 0 bridgehead atoms. The second-order valence-electron chi connectivity index (χ2n) is 14.2. The van der Waals surface area contributed by atoms with E-state index in [1.165, 1.54) is 12.0 Å². The topological polar surface area (TPSA) is 108 Å². The molecule has 1 aliphatic rings. The van der Waals surface area contributed by atoms with E-state index >= 15 is 0 Å². The molecular formula is C37H51N3O6. The van der Waals surface area contributed by atoms with E-state index in [1.807, 2.05) is 102 Å². The van der Waals surface area contributed by atoms with Gasteiger partial charge in [-0.2, -0.15) is 0 Å². The van der Waals surface area contributed by atoms with Crippen LogP contribution < -0.4 is 10.2 Å². The van der Waals surface area contributed by atoms with E-state index < -0.39 is 41.1 Å². The number of benzene rings is 2. The Bertz CT molecular complexity index is 1430. The lowest BCUT2D eigenvalue weighted by Gasteiger charge is -2.35. The van der Waals surface area contributed by atoms with E-state index in [1.54, 1.807) is 6.08 Å². The van der Waals surface area contributed by atoms with Crippen LogP contribution in [0.15, 0.2) is 61.7 Å². The van der Waals surface area contributed by atoms with E-state index in [2.05, 4.69) is 18.5 Å². The van der Waals surface area contributed by atoms with Crippen molar-refractivity contribution in [2.45, 2.75) is 71.6 Å². The first kappa shape index (κ1) is 36.4. The highest BCUT2D eigenvalue weighted by atomic mass is 16.5. The van der Waals surface area contributed by atoms with E-state index in [0.717, 1.165) is 40.8 Å². The van der Waals surface area contributed by atoms with Crippen molar-refractivity contribution in [2.24, 2.45) is 10.8 Å². The third-order valence-corrected chi connectivity index (χ3v) is 8.77. The number of amides is 2. The van der Waals surface area contributed by atoms with Crippen LogP contribution in [-0.2, 0) is 24.7 Å². The molecule has 1 heterocycles. The summed E-state index contributed by atoms with van der Waals surface area (Å²) in [5.74, 6) is -1.66. The van der Waals surface area contributed by atoms with Crippen molar-refractivity contribution in [3.8, 4) is 11.1 Å². The summed E-state index contributed by atoms with van der Waals surface area (Å²) in [7, 11) is 5.50. The predicted octanol–water partition coefficient (Wildman–Crippen LogP) is 6.72. The Hall–Kier alpha value is -4.11. The van der Waals surface area contributed by atoms with Gasteiger partial charge in [0.15, 0.2) is 0 Å². The maximum Gasteiger partial charge on any atom is 0.407 e. The lowest BCUT2D eigenvalue weighted by molar-refractivity contribution is -0.150. The van der Waals surface area contributed by atoms with Gasteiger partial charge in [-0.3, -0.25) is 4.79 Å². The van der Waals surface area contributed by atoms with Gasteiger partial charge in [-0.25, -0.2) is 9.59 Å². The zero-order chi connectivity index (χ0) is 34.4. The van der Waals surface area contributed by atoms with Crippen molar-refractivity contribution in [2.75, 3.05) is 39.3 Å². The number of hydrogen-bond donors (Lipinski definition) is 2. The van der Waals surface area contributed by atoms with Gasteiger partial charge in [-0.05, 0) is 64.1 Å². The van der Waals surface area contributed by atoms with E-state index in [4.69, 9.17) is 9.47 Å². The largest absolute Gasteiger partial charge is 0.480 e. The summed E-state index contributed by atoms with van der Waals surface area (Å²) in [6.07, 6.45) is 4.47. The number of carboxylic acid groups (broad SMARTS) is 1. The Labute approximate surface area is 274 Å². The highest BCUT2D eigenvalue weighted by molar-refractivity contribution is 5.91. The molecular weight excluding hydrogens is 582 g/mol. The molecule has 0 aliphatic carbocycles. The first-order valence-corrected chi connectivity index (χ1v) is 15.7. The third kappa shape index (κ3) is 8.37. The molecule has 1 saturated heterocycles. The van der Waals surface area contributed by atoms with Crippen LogP contribution >= 0.6 is 0 Å². The maximum atomic E-state index is 14.2. The maximum absolute atomic E-state index is 14.2. The molecule has 2 unspecified atom stereocenters. The molecule has 0 spiro atoms. The standard InChI is InChI=1S/C37H51N3O6/c1-11-13-20-36(6,7)24-46-34(44)38-31(35(3,4)5)32(41)40-23-37(45-10,22-30(40)33(42)43)27-16-19-29(25(12-2)21-27)26-14-17-28(18-15-26)39(8)9/h11-12,14-19,21,30-31H,1-2,13,20,22-24H2,3-10H3,(H,38,44)(H,42,43)/t30?,31-,37?/m1/s1. The highest BCUT2D eigenvalue weighted by Crippen LogP contribution is 2.42. The van der Waals surface area contributed by atoms with Crippen molar-refractivity contribution in [3.63, 3.8) is 0 Å². The van der Waals surface area contributed by atoms with Crippen LogP contribution in [0.2, 0.25) is 0 Å². The summed E-state index contributed by atoms with van der Waals surface area (Å²) in [5, 5.41) is 13.0. The SMILES string of the molecule is C=CCCC(C)(C)COC(=O)N[C@H](C(=O)N1CC(OC)(c2ccc(-c3ccc(N(C)C)cc3)c(C=C)c2)CC1C(=O)O)C(C)(C)C. The number of allylic oxidation sites excluding steroid dienone is 1. The Kier molecular flexibility index (Phi) is 11.5. The molecule has 2 aromatic carbocycles. The van der Waals surface area contributed by atoms with Crippen molar-refractivity contribution >= 4 is 29.7 Å². The number of ether oxygens (including phenoxy) is 2. The number of carboxylic acids is 1. The second kappa shape index (κ2) is 14.5. The summed E-state index contributed by atoms with van der Waals surface area (Å²) >= 11 is 0. The molecule has 2 N–H and O–H groups in total. The summed E-state index contributed by atoms with van der Waals surface area (Å²) in [4.78, 5) is 43.1. The van der Waals surface area contributed by atoms with Crippen LogP contribution in [0.5, 0.6) is 0 Å². The number of rotatable bonds is 13. The smallest absolute Gasteiger partial charge is 0.407 e. The predicted molar refractivity (Wildman–Crippen MR) is 184 cm³/mol. The van der Waals surface area contributed by atoms with Gasteiger partial charge in [0.2, 0.25) is 5.91 Å². The van der Waals surface area contributed by atoms with Gasteiger partial charge in [0.25, 0.3) is 0 Å². The molecule has 2 amide bonds. The number of aliphatic carboxylic acids is 1. The van der Waals surface area contributed by atoms with E-state index in [9.17, 15) is 19.5 Å². The van der Waals surface area contributed by atoms with Crippen LogP contribution in [0.25, 0.3) is 17.2 Å². The molecule has 3 atom stereocenters. The van der Waals surface area contributed by atoms with Crippen LogP contribution in [0.1, 0.15) is 65.0 Å². The Morgan fingerprint density at radius 2 is 1.76 bits per heavy atom. The third-order valence-electron chi connectivity index (χ3n) is 8.77. The van der Waals surface area contributed by atoms with Gasteiger partial charge in [-0.15, -0.1) is 6.58 Å². The average molecular weight is 634 g/mol. The van der Waals surface area contributed by atoms with Gasteiger partial charge in [0, 0.05) is 33.3 Å². The molecule has 0 saturated carbocycles. The minimum absolute atomic E-state index is 0.00927. The summed E-state index contributed by atoms with van der Waals surface area (Å²) in [6.45, 7) is 17.4.